The van der Waals surface area contributed by atoms with Crippen LogP contribution in [0.15, 0.2) is 48.5 Å². The van der Waals surface area contributed by atoms with Crippen LogP contribution in [0.3, 0.4) is 0 Å². The fraction of sp³-hybridized carbons (Fsp3) is 0.0769. The standard InChI is InChI=1S/C13H11ClN/c14-12-8-6-11(7-9-12)10-15-13-4-2-1-3-5-13/h1-4,6-9,15H,10H2. The smallest absolute Gasteiger partial charge is 0.0423 e. The topological polar surface area (TPSA) is 12.0 Å². The molecule has 1 N–H and O–H groups in total. The van der Waals surface area contributed by atoms with Gasteiger partial charge in [0.1, 0.15) is 0 Å². The fourth-order valence-electron chi connectivity index (χ4n) is 1.30. The normalized spacial score (nSPS) is 9.93. The van der Waals surface area contributed by atoms with Crippen LogP contribution in [0.2, 0.25) is 5.02 Å². The number of nitrogens with one attached hydrogen (secondary N) is 1. The summed E-state index contributed by atoms with van der Waals surface area (Å²) in [6, 6.07) is 18.8. The molecule has 0 aliphatic heterocycles. The van der Waals surface area contributed by atoms with E-state index in [4.69, 9.17) is 11.6 Å². The molecule has 0 spiro atoms. The van der Waals surface area contributed by atoms with Crippen LogP contribution in [0.1, 0.15) is 5.56 Å². The maximum atomic E-state index is 5.80. The van der Waals surface area contributed by atoms with Gasteiger partial charge in [-0.1, -0.05) is 41.9 Å². The molecule has 1 radical (unpaired) electrons. The molecule has 0 saturated heterocycles. The number of rotatable bonds is 3. The van der Waals surface area contributed by atoms with Crippen LogP contribution in [0.25, 0.3) is 0 Å². The predicted octanol–water partition coefficient (Wildman–Crippen LogP) is 3.75. The van der Waals surface area contributed by atoms with Gasteiger partial charge in [-0.25, -0.2) is 0 Å². The van der Waals surface area contributed by atoms with Crippen LogP contribution in [0, 0.1) is 6.07 Å². The van der Waals surface area contributed by atoms with E-state index in [0.29, 0.717) is 0 Å². The van der Waals surface area contributed by atoms with Gasteiger partial charge < -0.3 is 5.32 Å². The van der Waals surface area contributed by atoms with Crippen molar-refractivity contribution >= 4 is 17.3 Å². The molecule has 0 fully saturated rings. The minimum absolute atomic E-state index is 0.769. The lowest BCUT2D eigenvalue weighted by atomic mass is 10.2. The molecule has 2 aromatic carbocycles. The average molecular weight is 217 g/mol. The quantitative estimate of drug-likeness (QED) is 0.824. The Hall–Kier alpha value is -1.47. The van der Waals surface area contributed by atoms with Crippen molar-refractivity contribution in [2.24, 2.45) is 0 Å². The molecule has 75 valence electrons. The highest BCUT2D eigenvalue weighted by Gasteiger charge is 1.93. The molecular formula is C13H11ClN. The number of anilines is 1. The Labute approximate surface area is 94.7 Å². The average Bonchev–Trinajstić information content (AvgIpc) is 2.30. The molecule has 15 heavy (non-hydrogen) atoms. The van der Waals surface area contributed by atoms with Crippen molar-refractivity contribution < 1.29 is 0 Å². The van der Waals surface area contributed by atoms with Crippen LogP contribution in [0.5, 0.6) is 0 Å². The van der Waals surface area contributed by atoms with Gasteiger partial charge >= 0.3 is 0 Å². The first-order valence-corrected chi connectivity index (χ1v) is 5.17. The van der Waals surface area contributed by atoms with Gasteiger partial charge in [-0.3, -0.25) is 0 Å². The second-order valence-corrected chi connectivity index (χ2v) is 3.69. The summed E-state index contributed by atoms with van der Waals surface area (Å²) in [4.78, 5) is 0. The van der Waals surface area contributed by atoms with Crippen molar-refractivity contribution in [1.82, 2.24) is 0 Å². The van der Waals surface area contributed by atoms with Gasteiger partial charge in [0.2, 0.25) is 0 Å². The first-order chi connectivity index (χ1) is 7.34. The highest BCUT2D eigenvalue weighted by molar-refractivity contribution is 6.30. The zero-order chi connectivity index (χ0) is 10.5. The molecule has 2 heteroatoms. The molecule has 0 aromatic heterocycles. The van der Waals surface area contributed by atoms with E-state index in [2.05, 4.69) is 11.4 Å². The first kappa shape index (κ1) is 10.1. The Bertz CT molecular complexity index is 408. The fourth-order valence-corrected chi connectivity index (χ4v) is 1.43. The van der Waals surface area contributed by atoms with Crippen LogP contribution in [0.4, 0.5) is 5.69 Å². The van der Waals surface area contributed by atoms with Crippen LogP contribution >= 0.6 is 11.6 Å². The van der Waals surface area contributed by atoms with E-state index in [1.807, 2.05) is 48.5 Å². The molecular weight excluding hydrogens is 206 g/mol. The Balaban J connectivity index is 1.96. The van der Waals surface area contributed by atoms with Crippen molar-refractivity contribution in [3.8, 4) is 0 Å². The van der Waals surface area contributed by atoms with Crippen molar-refractivity contribution in [3.05, 3.63) is 65.2 Å². The summed E-state index contributed by atoms with van der Waals surface area (Å²) in [7, 11) is 0. The molecule has 0 amide bonds. The number of para-hydroxylation sites is 1. The molecule has 2 aromatic rings. The number of benzene rings is 2. The van der Waals surface area contributed by atoms with Crippen LogP contribution < -0.4 is 5.32 Å². The molecule has 1 nitrogen and oxygen atoms in total. The Morgan fingerprint density at radius 1 is 1.07 bits per heavy atom. The lowest BCUT2D eigenvalue weighted by Gasteiger charge is -2.05. The van der Waals surface area contributed by atoms with Gasteiger partial charge in [-0.2, -0.15) is 0 Å². The summed E-state index contributed by atoms with van der Waals surface area (Å²) < 4.78 is 0. The summed E-state index contributed by atoms with van der Waals surface area (Å²) in [5.41, 5.74) is 2.21. The van der Waals surface area contributed by atoms with E-state index in [0.717, 1.165) is 17.3 Å². The van der Waals surface area contributed by atoms with E-state index in [9.17, 15) is 0 Å². The van der Waals surface area contributed by atoms with E-state index < -0.39 is 0 Å². The second-order valence-electron chi connectivity index (χ2n) is 3.26. The van der Waals surface area contributed by atoms with E-state index in [1.165, 1.54) is 5.56 Å². The van der Waals surface area contributed by atoms with Crippen LogP contribution in [-0.2, 0) is 6.54 Å². The third kappa shape index (κ3) is 3.00. The van der Waals surface area contributed by atoms with E-state index in [1.54, 1.807) is 0 Å². The Kier molecular flexibility index (Phi) is 3.25. The van der Waals surface area contributed by atoms with E-state index in [-0.39, 0.29) is 0 Å². The van der Waals surface area contributed by atoms with Crippen molar-refractivity contribution in [2.45, 2.75) is 6.54 Å². The lowest BCUT2D eigenvalue weighted by molar-refractivity contribution is 1.15. The van der Waals surface area contributed by atoms with Crippen LogP contribution in [-0.4, -0.2) is 0 Å². The lowest BCUT2D eigenvalue weighted by Crippen LogP contribution is -1.98. The maximum absolute atomic E-state index is 5.80. The third-order valence-electron chi connectivity index (χ3n) is 2.11. The number of halogens is 1. The highest BCUT2D eigenvalue weighted by Crippen LogP contribution is 2.11. The van der Waals surface area contributed by atoms with Gasteiger partial charge in [0.05, 0.1) is 0 Å². The molecule has 0 unspecified atom stereocenters. The molecule has 2 rings (SSSR count). The van der Waals surface area contributed by atoms with Gasteiger partial charge in [0.15, 0.2) is 0 Å². The minimum Gasteiger partial charge on any atom is -0.380 e. The summed E-state index contributed by atoms with van der Waals surface area (Å²) >= 11 is 5.80. The van der Waals surface area contributed by atoms with E-state index >= 15 is 0 Å². The predicted molar refractivity (Wildman–Crippen MR) is 64.1 cm³/mol. The Morgan fingerprint density at radius 2 is 1.87 bits per heavy atom. The summed E-state index contributed by atoms with van der Waals surface area (Å²) in [6.07, 6.45) is 0. The zero-order valence-corrected chi connectivity index (χ0v) is 8.96. The first-order valence-electron chi connectivity index (χ1n) is 4.79. The highest BCUT2D eigenvalue weighted by atomic mass is 35.5. The summed E-state index contributed by atoms with van der Waals surface area (Å²) in [5, 5.41) is 4.05. The molecule has 0 heterocycles. The van der Waals surface area contributed by atoms with Gasteiger partial charge in [-0.15, -0.1) is 0 Å². The molecule has 0 atom stereocenters. The Morgan fingerprint density at radius 3 is 2.53 bits per heavy atom. The number of hydrogen-bond acceptors (Lipinski definition) is 1. The molecule has 0 aliphatic carbocycles. The summed E-state index contributed by atoms with van der Waals surface area (Å²) in [5.74, 6) is 0. The largest absolute Gasteiger partial charge is 0.380 e. The van der Waals surface area contributed by atoms with Gasteiger partial charge in [-0.05, 0) is 23.8 Å². The maximum Gasteiger partial charge on any atom is 0.0423 e. The van der Waals surface area contributed by atoms with Gasteiger partial charge in [0.25, 0.3) is 0 Å². The monoisotopic (exact) mass is 216 g/mol. The van der Waals surface area contributed by atoms with Crippen molar-refractivity contribution in [1.29, 1.82) is 0 Å². The molecule has 0 aliphatic rings. The second kappa shape index (κ2) is 4.85. The minimum atomic E-state index is 0.769. The summed E-state index contributed by atoms with van der Waals surface area (Å²) in [6.45, 7) is 0.789. The third-order valence-corrected chi connectivity index (χ3v) is 2.36. The van der Waals surface area contributed by atoms with Crippen molar-refractivity contribution in [3.63, 3.8) is 0 Å². The SMILES string of the molecule is Clc1ccc(CNc2[c]cccc2)cc1. The van der Waals surface area contributed by atoms with Gasteiger partial charge in [0, 0.05) is 23.3 Å². The molecule has 0 bridgehead atoms. The number of hydrogen-bond donors (Lipinski definition) is 1. The van der Waals surface area contributed by atoms with Crippen molar-refractivity contribution in [2.75, 3.05) is 5.32 Å². The molecule has 0 saturated carbocycles. The zero-order valence-electron chi connectivity index (χ0n) is 8.20.